The number of halogens is 1. The first-order valence-electron chi connectivity index (χ1n) is 9.18. The first-order valence-corrected chi connectivity index (χ1v) is 10.1. The van der Waals surface area contributed by atoms with Gasteiger partial charge in [0.05, 0.1) is 0 Å². The SMILES string of the molecule is CCC(C)/C(=C(\C(=O)c1ccsc1)C(O)c1cccnc1)c1ccccc1F. The van der Waals surface area contributed by atoms with Crippen molar-refractivity contribution in [3.8, 4) is 0 Å². The third-order valence-electron chi connectivity index (χ3n) is 4.86. The Morgan fingerprint density at radius 3 is 2.61 bits per heavy atom. The summed E-state index contributed by atoms with van der Waals surface area (Å²) in [5, 5.41) is 14.7. The maximum atomic E-state index is 14.7. The molecule has 0 bridgehead atoms. The Balaban J connectivity index is 2.30. The number of pyridine rings is 1. The number of carbonyl (C=O) groups excluding carboxylic acids is 1. The molecule has 0 radical (unpaired) electrons. The van der Waals surface area contributed by atoms with E-state index in [0.29, 0.717) is 28.7 Å². The van der Waals surface area contributed by atoms with Gasteiger partial charge in [-0.3, -0.25) is 9.78 Å². The molecule has 0 aliphatic rings. The third-order valence-corrected chi connectivity index (χ3v) is 5.54. The highest BCUT2D eigenvalue weighted by Crippen LogP contribution is 2.38. The van der Waals surface area contributed by atoms with Crippen LogP contribution in [0.5, 0.6) is 0 Å². The second kappa shape index (κ2) is 9.04. The Kier molecular flexibility index (Phi) is 6.49. The summed E-state index contributed by atoms with van der Waals surface area (Å²) in [7, 11) is 0. The molecule has 1 aromatic carbocycles. The Bertz CT molecular complexity index is 967. The highest BCUT2D eigenvalue weighted by atomic mass is 32.1. The number of rotatable bonds is 7. The quantitative estimate of drug-likeness (QED) is 0.412. The molecule has 2 aromatic heterocycles. The molecule has 28 heavy (non-hydrogen) atoms. The van der Waals surface area contributed by atoms with Crippen molar-refractivity contribution in [2.24, 2.45) is 5.92 Å². The fraction of sp³-hybridized carbons (Fsp3) is 0.217. The molecule has 2 atom stereocenters. The van der Waals surface area contributed by atoms with Crippen LogP contribution in [-0.4, -0.2) is 15.9 Å². The standard InChI is InChI=1S/C23H22FNO2S/c1-3-15(2)20(18-8-4-5-9-19(18)24)21(23(27)17-10-12-28-14-17)22(26)16-7-6-11-25-13-16/h4-15,22,26H,3H2,1-2H3/b21-20+. The van der Waals surface area contributed by atoms with Gasteiger partial charge < -0.3 is 5.11 Å². The smallest absolute Gasteiger partial charge is 0.193 e. The van der Waals surface area contributed by atoms with Crippen molar-refractivity contribution in [1.29, 1.82) is 0 Å². The summed E-state index contributed by atoms with van der Waals surface area (Å²) in [5.74, 6) is -0.830. The number of benzene rings is 1. The zero-order chi connectivity index (χ0) is 20.1. The summed E-state index contributed by atoms with van der Waals surface area (Å²) < 4.78 is 14.7. The number of aliphatic hydroxyl groups excluding tert-OH is 1. The average molecular weight is 395 g/mol. The molecule has 2 unspecified atom stereocenters. The van der Waals surface area contributed by atoms with Crippen LogP contribution in [0.3, 0.4) is 0 Å². The van der Waals surface area contributed by atoms with Gasteiger partial charge in [0.25, 0.3) is 0 Å². The molecule has 144 valence electrons. The van der Waals surface area contributed by atoms with E-state index in [1.165, 1.54) is 23.6 Å². The molecule has 5 heteroatoms. The first kappa shape index (κ1) is 20.1. The Hall–Kier alpha value is -2.63. The van der Waals surface area contributed by atoms with Crippen molar-refractivity contribution in [2.75, 3.05) is 0 Å². The van der Waals surface area contributed by atoms with Crippen LogP contribution in [0.15, 0.2) is 71.2 Å². The second-order valence-corrected chi connectivity index (χ2v) is 7.43. The monoisotopic (exact) mass is 395 g/mol. The minimum atomic E-state index is -1.20. The van der Waals surface area contributed by atoms with E-state index in [1.54, 1.807) is 48.0 Å². The van der Waals surface area contributed by atoms with E-state index in [-0.39, 0.29) is 17.3 Å². The number of nitrogens with zero attached hydrogens (tertiary/aromatic N) is 1. The van der Waals surface area contributed by atoms with Crippen LogP contribution in [0.4, 0.5) is 4.39 Å². The molecule has 2 heterocycles. The summed E-state index contributed by atoms with van der Waals surface area (Å²) in [5.41, 5.74) is 2.07. The van der Waals surface area contributed by atoms with Crippen molar-refractivity contribution in [3.63, 3.8) is 0 Å². The molecule has 3 nitrogen and oxygen atoms in total. The van der Waals surface area contributed by atoms with Gasteiger partial charge in [-0.25, -0.2) is 4.39 Å². The van der Waals surface area contributed by atoms with E-state index in [2.05, 4.69) is 4.98 Å². The zero-order valence-corrected chi connectivity index (χ0v) is 16.6. The number of hydrogen-bond donors (Lipinski definition) is 1. The van der Waals surface area contributed by atoms with E-state index >= 15 is 0 Å². The largest absolute Gasteiger partial charge is 0.383 e. The van der Waals surface area contributed by atoms with Crippen molar-refractivity contribution in [2.45, 2.75) is 26.4 Å². The van der Waals surface area contributed by atoms with Crippen LogP contribution in [0.25, 0.3) is 5.57 Å². The molecular weight excluding hydrogens is 373 g/mol. The third kappa shape index (κ3) is 4.11. The predicted octanol–water partition coefficient (Wildman–Crippen LogP) is 5.70. The number of ketones is 1. The van der Waals surface area contributed by atoms with Gasteiger partial charge in [0.2, 0.25) is 0 Å². The molecular formula is C23H22FNO2S. The zero-order valence-electron chi connectivity index (χ0n) is 15.8. The molecule has 0 amide bonds. The first-order chi connectivity index (χ1) is 13.5. The van der Waals surface area contributed by atoms with E-state index in [1.807, 2.05) is 19.2 Å². The lowest BCUT2D eigenvalue weighted by Crippen LogP contribution is -2.17. The minimum absolute atomic E-state index is 0.124. The number of aliphatic hydroxyl groups is 1. The fourth-order valence-corrected chi connectivity index (χ4v) is 3.84. The molecule has 3 aromatic rings. The van der Waals surface area contributed by atoms with Crippen LogP contribution in [0.1, 0.15) is 47.9 Å². The molecule has 0 saturated carbocycles. The Morgan fingerprint density at radius 2 is 2.00 bits per heavy atom. The molecule has 0 saturated heterocycles. The molecule has 1 N–H and O–H groups in total. The number of thiophene rings is 1. The summed E-state index contributed by atoms with van der Waals surface area (Å²) in [4.78, 5) is 17.5. The molecule has 0 fully saturated rings. The lowest BCUT2D eigenvalue weighted by atomic mass is 9.82. The van der Waals surface area contributed by atoms with Crippen LogP contribution < -0.4 is 0 Å². The van der Waals surface area contributed by atoms with Gasteiger partial charge in [-0.1, -0.05) is 38.1 Å². The Labute approximate surface area is 168 Å². The number of Topliss-reactive ketones (excluding diaryl/α,β-unsaturated/α-hetero) is 1. The van der Waals surface area contributed by atoms with Gasteiger partial charge in [0.15, 0.2) is 5.78 Å². The summed E-state index contributed by atoms with van der Waals surface area (Å²) in [6.45, 7) is 3.92. The summed E-state index contributed by atoms with van der Waals surface area (Å²) in [6, 6.07) is 11.5. The van der Waals surface area contributed by atoms with E-state index < -0.39 is 11.9 Å². The second-order valence-electron chi connectivity index (χ2n) is 6.65. The van der Waals surface area contributed by atoms with Crippen molar-refractivity contribution in [3.05, 3.63) is 93.7 Å². The molecule has 3 rings (SSSR count). The Morgan fingerprint density at radius 1 is 1.21 bits per heavy atom. The molecule has 0 aliphatic carbocycles. The maximum Gasteiger partial charge on any atom is 0.193 e. The highest BCUT2D eigenvalue weighted by Gasteiger charge is 2.29. The van der Waals surface area contributed by atoms with E-state index in [0.717, 1.165) is 0 Å². The van der Waals surface area contributed by atoms with Crippen molar-refractivity contribution >= 4 is 22.7 Å². The predicted molar refractivity (Wildman–Crippen MR) is 111 cm³/mol. The van der Waals surface area contributed by atoms with Gasteiger partial charge in [0.1, 0.15) is 11.9 Å². The van der Waals surface area contributed by atoms with Gasteiger partial charge in [0, 0.05) is 40.0 Å². The number of hydrogen-bond acceptors (Lipinski definition) is 4. The maximum absolute atomic E-state index is 14.7. The van der Waals surface area contributed by atoms with Crippen LogP contribution >= 0.6 is 11.3 Å². The lowest BCUT2D eigenvalue weighted by Gasteiger charge is -2.24. The van der Waals surface area contributed by atoms with E-state index in [9.17, 15) is 14.3 Å². The van der Waals surface area contributed by atoms with E-state index in [4.69, 9.17) is 0 Å². The number of carbonyl (C=O) groups is 1. The highest BCUT2D eigenvalue weighted by molar-refractivity contribution is 7.08. The van der Waals surface area contributed by atoms with Crippen LogP contribution in [0.2, 0.25) is 0 Å². The topological polar surface area (TPSA) is 50.2 Å². The number of allylic oxidation sites excluding steroid dienone is 1. The van der Waals surface area contributed by atoms with Gasteiger partial charge in [-0.15, -0.1) is 0 Å². The van der Waals surface area contributed by atoms with Gasteiger partial charge >= 0.3 is 0 Å². The molecule has 0 spiro atoms. The van der Waals surface area contributed by atoms with Gasteiger partial charge in [-0.05, 0) is 41.5 Å². The van der Waals surface area contributed by atoms with Gasteiger partial charge in [-0.2, -0.15) is 11.3 Å². The average Bonchev–Trinajstić information content (AvgIpc) is 3.27. The summed E-state index contributed by atoms with van der Waals surface area (Å²) >= 11 is 1.41. The van der Waals surface area contributed by atoms with Crippen LogP contribution in [-0.2, 0) is 0 Å². The normalized spacial score (nSPS) is 14.3. The van der Waals surface area contributed by atoms with Crippen molar-refractivity contribution < 1.29 is 14.3 Å². The molecule has 0 aliphatic heterocycles. The fourth-order valence-electron chi connectivity index (χ4n) is 3.21. The number of aromatic nitrogens is 1. The van der Waals surface area contributed by atoms with Crippen LogP contribution in [0, 0.1) is 11.7 Å². The summed E-state index contributed by atoms with van der Waals surface area (Å²) in [6.07, 6.45) is 2.63. The van der Waals surface area contributed by atoms with Crippen molar-refractivity contribution in [1.82, 2.24) is 4.98 Å². The minimum Gasteiger partial charge on any atom is -0.383 e. The lowest BCUT2D eigenvalue weighted by molar-refractivity contribution is 0.0987.